The van der Waals surface area contributed by atoms with Crippen molar-refractivity contribution in [3.8, 4) is 11.5 Å². The van der Waals surface area contributed by atoms with Gasteiger partial charge in [0.25, 0.3) is 0 Å². The van der Waals surface area contributed by atoms with E-state index in [4.69, 9.17) is 16.0 Å². The molecule has 158 valence electrons. The molecule has 0 aliphatic carbocycles. The van der Waals surface area contributed by atoms with E-state index in [2.05, 4.69) is 4.98 Å². The normalized spacial score (nSPS) is 15.2. The Morgan fingerprint density at radius 3 is 2.37 bits per heavy atom. The van der Waals surface area contributed by atoms with Crippen LogP contribution in [0.5, 0.6) is 0 Å². The summed E-state index contributed by atoms with van der Waals surface area (Å²) in [5.74, 6) is 0.590. The molecular formula is C23H25ClN2O3S. The molecule has 2 heterocycles. The molecule has 0 bridgehead atoms. The summed E-state index contributed by atoms with van der Waals surface area (Å²) in [4.78, 5) is 6.70. The maximum Gasteiger partial charge on any atom is 0.236 e. The zero-order valence-electron chi connectivity index (χ0n) is 17.0. The van der Waals surface area contributed by atoms with Crippen LogP contribution in [0.4, 0.5) is 5.88 Å². The number of anilines is 1. The van der Waals surface area contributed by atoms with Crippen molar-refractivity contribution in [3.63, 3.8) is 0 Å². The van der Waals surface area contributed by atoms with Crippen molar-refractivity contribution in [1.29, 1.82) is 0 Å². The third kappa shape index (κ3) is 4.25. The molecule has 5 nitrogen and oxygen atoms in total. The van der Waals surface area contributed by atoms with Crippen LogP contribution >= 0.6 is 11.6 Å². The quantitative estimate of drug-likeness (QED) is 0.499. The third-order valence-corrected chi connectivity index (χ3v) is 7.34. The highest BCUT2D eigenvalue weighted by molar-refractivity contribution is 7.91. The predicted octanol–water partition coefficient (Wildman–Crippen LogP) is 5.77. The largest absolute Gasteiger partial charge is 0.419 e. The minimum Gasteiger partial charge on any atom is -0.419 e. The summed E-state index contributed by atoms with van der Waals surface area (Å²) in [6, 6.07) is 14.1. The van der Waals surface area contributed by atoms with Crippen LogP contribution in [-0.2, 0) is 16.3 Å². The molecule has 0 spiro atoms. The van der Waals surface area contributed by atoms with Crippen molar-refractivity contribution in [2.24, 2.45) is 0 Å². The average molecular weight is 445 g/mol. The molecule has 0 unspecified atom stereocenters. The number of halogens is 1. The molecule has 0 N–H and O–H groups in total. The van der Waals surface area contributed by atoms with Crippen molar-refractivity contribution in [3.05, 3.63) is 59.1 Å². The van der Waals surface area contributed by atoms with Gasteiger partial charge in [0.05, 0.1) is 4.90 Å². The van der Waals surface area contributed by atoms with Crippen LogP contribution in [0, 0.1) is 0 Å². The second-order valence-corrected chi connectivity index (χ2v) is 9.84. The molecule has 0 saturated carbocycles. The molecule has 0 radical (unpaired) electrons. The standard InChI is InChI=1S/C23H25ClN2O3S/c1-2-17-10-12-20(13-11-17)30(27,28)22-23(26-14-5-3-4-6-15-26)29-21(25-22)18-8-7-9-19(24)16-18/h7-13,16H,2-6,14-15H2,1H3. The van der Waals surface area contributed by atoms with E-state index < -0.39 is 9.84 Å². The van der Waals surface area contributed by atoms with Gasteiger partial charge in [-0.1, -0.05) is 49.6 Å². The zero-order valence-corrected chi connectivity index (χ0v) is 18.5. The first-order valence-corrected chi connectivity index (χ1v) is 12.2. The van der Waals surface area contributed by atoms with Gasteiger partial charge < -0.3 is 9.32 Å². The molecule has 1 fully saturated rings. The van der Waals surface area contributed by atoms with Gasteiger partial charge in [0, 0.05) is 23.7 Å². The van der Waals surface area contributed by atoms with Crippen LogP contribution in [0.2, 0.25) is 5.02 Å². The zero-order chi connectivity index (χ0) is 21.1. The van der Waals surface area contributed by atoms with E-state index >= 15 is 0 Å². The lowest BCUT2D eigenvalue weighted by molar-refractivity contribution is 0.543. The Hall–Kier alpha value is -2.31. The van der Waals surface area contributed by atoms with Crippen molar-refractivity contribution in [2.45, 2.75) is 48.9 Å². The van der Waals surface area contributed by atoms with Gasteiger partial charge in [0.2, 0.25) is 26.6 Å². The minimum atomic E-state index is -3.83. The lowest BCUT2D eigenvalue weighted by Crippen LogP contribution is -2.25. The smallest absolute Gasteiger partial charge is 0.236 e. The number of sulfone groups is 1. The second-order valence-electron chi connectivity index (χ2n) is 7.54. The molecule has 0 amide bonds. The van der Waals surface area contributed by atoms with Gasteiger partial charge in [0.15, 0.2) is 0 Å². The van der Waals surface area contributed by atoms with Crippen LogP contribution < -0.4 is 4.90 Å². The van der Waals surface area contributed by atoms with Gasteiger partial charge in [-0.15, -0.1) is 0 Å². The molecule has 2 aromatic carbocycles. The number of oxazole rings is 1. The monoisotopic (exact) mass is 444 g/mol. The van der Waals surface area contributed by atoms with E-state index in [0.29, 0.717) is 16.5 Å². The molecule has 1 aromatic heterocycles. The van der Waals surface area contributed by atoms with Crippen molar-refractivity contribution >= 4 is 27.3 Å². The number of nitrogens with zero attached hydrogens (tertiary/aromatic N) is 2. The average Bonchev–Trinajstić information content (AvgIpc) is 3.04. The second kappa shape index (κ2) is 8.82. The lowest BCUT2D eigenvalue weighted by Gasteiger charge is -2.20. The Morgan fingerprint density at radius 2 is 1.73 bits per heavy atom. The SMILES string of the molecule is CCc1ccc(S(=O)(=O)c2nc(-c3cccc(Cl)c3)oc2N2CCCCCC2)cc1. The fourth-order valence-corrected chi connectivity index (χ4v) is 5.22. The number of aromatic nitrogens is 1. The van der Waals surface area contributed by atoms with E-state index in [1.807, 2.05) is 30.0 Å². The van der Waals surface area contributed by atoms with Gasteiger partial charge in [-0.05, 0) is 55.2 Å². The summed E-state index contributed by atoms with van der Waals surface area (Å²) in [7, 11) is -3.83. The van der Waals surface area contributed by atoms with E-state index in [1.165, 1.54) is 0 Å². The highest BCUT2D eigenvalue weighted by atomic mass is 35.5. The maximum absolute atomic E-state index is 13.5. The van der Waals surface area contributed by atoms with E-state index in [0.717, 1.165) is 50.8 Å². The highest BCUT2D eigenvalue weighted by Crippen LogP contribution is 2.36. The number of benzene rings is 2. The number of rotatable bonds is 5. The fraction of sp³-hybridized carbons (Fsp3) is 0.348. The topological polar surface area (TPSA) is 63.4 Å². The molecule has 0 atom stereocenters. The Morgan fingerprint density at radius 1 is 1.03 bits per heavy atom. The molecule has 3 aromatic rings. The Labute approximate surface area is 182 Å². The van der Waals surface area contributed by atoms with Crippen LogP contribution in [0.15, 0.2) is 62.9 Å². The highest BCUT2D eigenvalue weighted by Gasteiger charge is 2.31. The van der Waals surface area contributed by atoms with Crippen molar-refractivity contribution < 1.29 is 12.8 Å². The molecule has 4 rings (SSSR count). The van der Waals surface area contributed by atoms with Crippen LogP contribution in [0.3, 0.4) is 0 Å². The van der Waals surface area contributed by atoms with E-state index in [1.54, 1.807) is 30.3 Å². The Balaban J connectivity index is 1.83. The minimum absolute atomic E-state index is 0.0244. The van der Waals surface area contributed by atoms with E-state index in [-0.39, 0.29) is 15.8 Å². The molecule has 30 heavy (non-hydrogen) atoms. The summed E-state index contributed by atoms with van der Waals surface area (Å²) in [5.41, 5.74) is 1.74. The number of hydrogen-bond acceptors (Lipinski definition) is 5. The molecular weight excluding hydrogens is 420 g/mol. The first kappa shape index (κ1) is 20.9. The number of hydrogen-bond donors (Lipinski definition) is 0. The fourth-order valence-electron chi connectivity index (χ4n) is 3.71. The van der Waals surface area contributed by atoms with E-state index in [9.17, 15) is 8.42 Å². The summed E-state index contributed by atoms with van der Waals surface area (Å²) in [6.07, 6.45) is 5.11. The third-order valence-electron chi connectivity index (χ3n) is 5.44. The first-order chi connectivity index (χ1) is 14.5. The van der Waals surface area contributed by atoms with Gasteiger partial charge in [-0.25, -0.2) is 8.42 Å². The Bertz CT molecular complexity index is 1120. The van der Waals surface area contributed by atoms with Gasteiger partial charge >= 0.3 is 0 Å². The van der Waals surface area contributed by atoms with Crippen LogP contribution in [-0.4, -0.2) is 26.5 Å². The molecule has 1 saturated heterocycles. The Kier molecular flexibility index (Phi) is 6.16. The maximum atomic E-state index is 13.5. The summed E-state index contributed by atoms with van der Waals surface area (Å²) in [5, 5.41) is 0.519. The summed E-state index contributed by atoms with van der Waals surface area (Å²) < 4.78 is 33.1. The number of aryl methyl sites for hydroxylation is 1. The van der Waals surface area contributed by atoms with Gasteiger partial charge in [-0.2, -0.15) is 4.98 Å². The first-order valence-electron chi connectivity index (χ1n) is 10.3. The van der Waals surface area contributed by atoms with Gasteiger partial charge in [0.1, 0.15) is 0 Å². The predicted molar refractivity (Wildman–Crippen MR) is 119 cm³/mol. The summed E-state index contributed by atoms with van der Waals surface area (Å²) in [6.45, 7) is 3.54. The van der Waals surface area contributed by atoms with Crippen molar-refractivity contribution in [2.75, 3.05) is 18.0 Å². The van der Waals surface area contributed by atoms with Crippen LogP contribution in [0.25, 0.3) is 11.5 Å². The summed E-state index contributed by atoms with van der Waals surface area (Å²) >= 11 is 6.13. The van der Waals surface area contributed by atoms with Gasteiger partial charge in [-0.3, -0.25) is 0 Å². The molecule has 1 aliphatic heterocycles. The molecule has 7 heteroatoms. The lowest BCUT2D eigenvalue weighted by atomic mass is 10.2. The van der Waals surface area contributed by atoms with Crippen LogP contribution in [0.1, 0.15) is 38.2 Å². The van der Waals surface area contributed by atoms with Crippen molar-refractivity contribution in [1.82, 2.24) is 4.98 Å². The molecule has 1 aliphatic rings.